The Labute approximate surface area is 142 Å². The number of ether oxygens (including phenoxy) is 1. The summed E-state index contributed by atoms with van der Waals surface area (Å²) in [6, 6.07) is 7.47. The summed E-state index contributed by atoms with van der Waals surface area (Å²) in [6.45, 7) is 0.417. The summed E-state index contributed by atoms with van der Waals surface area (Å²) in [6.07, 6.45) is 2.37. The molecule has 0 fully saturated rings. The van der Waals surface area contributed by atoms with E-state index in [1.807, 2.05) is 23.6 Å². The first-order valence-corrected chi connectivity index (χ1v) is 8.24. The molecule has 0 spiro atoms. The molecule has 0 unspecified atom stereocenters. The van der Waals surface area contributed by atoms with E-state index in [0.29, 0.717) is 30.6 Å². The summed E-state index contributed by atoms with van der Waals surface area (Å²) in [5, 5.41) is 8.70. The van der Waals surface area contributed by atoms with Gasteiger partial charge in [-0.2, -0.15) is 4.98 Å². The van der Waals surface area contributed by atoms with E-state index < -0.39 is 0 Å². The van der Waals surface area contributed by atoms with Gasteiger partial charge < -0.3 is 14.6 Å². The fourth-order valence-electron chi connectivity index (χ4n) is 2.01. The van der Waals surface area contributed by atoms with Crippen molar-refractivity contribution in [2.75, 3.05) is 7.11 Å². The van der Waals surface area contributed by atoms with Gasteiger partial charge in [0.2, 0.25) is 23.5 Å². The molecule has 7 nitrogen and oxygen atoms in total. The predicted octanol–water partition coefficient (Wildman–Crippen LogP) is 2.45. The Bertz CT molecular complexity index is 784. The maximum Gasteiger partial charge on any atom is 0.227 e. The number of nitrogens with one attached hydrogen (secondary N) is 1. The number of carbonyl (C=O) groups is 1. The molecule has 0 bridgehead atoms. The number of rotatable bonds is 7. The molecular formula is C16H16N4O3S. The number of aryl methyl sites for hydroxylation is 1. The number of hydrogen-bond donors (Lipinski definition) is 1. The Kier molecular flexibility index (Phi) is 5.17. The second kappa shape index (κ2) is 7.69. The van der Waals surface area contributed by atoms with Crippen LogP contribution in [0.3, 0.4) is 0 Å². The van der Waals surface area contributed by atoms with Crippen LogP contribution in [-0.4, -0.2) is 28.1 Å². The van der Waals surface area contributed by atoms with Crippen molar-refractivity contribution in [1.82, 2.24) is 20.4 Å². The summed E-state index contributed by atoms with van der Waals surface area (Å²) < 4.78 is 10.2. The second-order valence-electron chi connectivity index (χ2n) is 4.97. The molecule has 3 aromatic heterocycles. The maximum absolute atomic E-state index is 11.9. The summed E-state index contributed by atoms with van der Waals surface area (Å²) in [7, 11) is 1.56. The zero-order chi connectivity index (χ0) is 16.8. The number of aromatic nitrogens is 3. The first-order chi connectivity index (χ1) is 11.7. The highest BCUT2D eigenvalue weighted by Gasteiger charge is 2.11. The van der Waals surface area contributed by atoms with Crippen LogP contribution in [0.4, 0.5) is 0 Å². The van der Waals surface area contributed by atoms with Gasteiger partial charge in [-0.25, -0.2) is 4.98 Å². The molecule has 0 saturated carbocycles. The van der Waals surface area contributed by atoms with Crippen LogP contribution in [-0.2, 0) is 17.8 Å². The van der Waals surface area contributed by atoms with Crippen LogP contribution in [0, 0.1) is 0 Å². The second-order valence-corrected chi connectivity index (χ2v) is 5.92. The average molecular weight is 344 g/mol. The number of hydrogen-bond acceptors (Lipinski definition) is 7. The molecule has 0 aliphatic carbocycles. The molecule has 3 heterocycles. The van der Waals surface area contributed by atoms with Crippen molar-refractivity contribution in [3.63, 3.8) is 0 Å². The molecule has 1 N–H and O–H groups in total. The van der Waals surface area contributed by atoms with Gasteiger partial charge in [0.25, 0.3) is 0 Å². The molecule has 0 aliphatic heterocycles. The molecule has 1 amide bonds. The Morgan fingerprint density at radius 3 is 3.00 bits per heavy atom. The van der Waals surface area contributed by atoms with Gasteiger partial charge in [-0.3, -0.25) is 4.79 Å². The van der Waals surface area contributed by atoms with Gasteiger partial charge >= 0.3 is 0 Å². The summed E-state index contributed by atoms with van der Waals surface area (Å²) >= 11 is 1.54. The molecular weight excluding hydrogens is 328 g/mol. The van der Waals surface area contributed by atoms with Crippen molar-refractivity contribution in [2.24, 2.45) is 0 Å². The molecule has 8 heteroatoms. The van der Waals surface area contributed by atoms with E-state index >= 15 is 0 Å². The highest BCUT2D eigenvalue weighted by atomic mass is 32.1. The molecule has 124 valence electrons. The Morgan fingerprint density at radius 2 is 2.29 bits per heavy atom. The minimum atomic E-state index is -0.0818. The smallest absolute Gasteiger partial charge is 0.227 e. The predicted molar refractivity (Wildman–Crippen MR) is 88.6 cm³/mol. The molecule has 0 aliphatic rings. The van der Waals surface area contributed by atoms with Crippen LogP contribution in [0.5, 0.6) is 5.88 Å². The van der Waals surface area contributed by atoms with Gasteiger partial charge in [0.1, 0.15) is 0 Å². The molecule has 0 saturated heterocycles. The third-order valence-electron chi connectivity index (χ3n) is 3.27. The summed E-state index contributed by atoms with van der Waals surface area (Å²) in [5.41, 5.74) is 0.905. The Balaban J connectivity index is 1.45. The van der Waals surface area contributed by atoms with Crippen LogP contribution in [0.2, 0.25) is 0 Å². The third-order valence-corrected chi connectivity index (χ3v) is 4.14. The zero-order valence-electron chi connectivity index (χ0n) is 13.1. The fourth-order valence-corrected chi connectivity index (χ4v) is 2.66. The standard InChI is InChI=1S/C16H16N4O3S/c1-22-14-6-4-11(10-18-14)9-17-13(21)5-7-15-19-16(20-23-15)12-3-2-8-24-12/h2-4,6,8,10H,5,7,9H2,1H3,(H,17,21). The van der Waals surface area contributed by atoms with Gasteiger partial charge in [-0.1, -0.05) is 17.3 Å². The summed E-state index contributed by atoms with van der Waals surface area (Å²) in [5.74, 6) is 1.48. The van der Waals surface area contributed by atoms with Crippen molar-refractivity contribution < 1.29 is 14.1 Å². The highest BCUT2D eigenvalue weighted by molar-refractivity contribution is 7.13. The van der Waals surface area contributed by atoms with Gasteiger partial charge in [0.15, 0.2) is 0 Å². The van der Waals surface area contributed by atoms with Gasteiger partial charge in [0, 0.05) is 31.6 Å². The number of methoxy groups -OCH3 is 1. The number of nitrogens with zero attached hydrogens (tertiary/aromatic N) is 3. The number of pyridine rings is 1. The van der Waals surface area contributed by atoms with E-state index in [4.69, 9.17) is 9.26 Å². The molecule has 0 radical (unpaired) electrons. The zero-order valence-corrected chi connectivity index (χ0v) is 13.9. The first-order valence-electron chi connectivity index (χ1n) is 7.36. The van der Waals surface area contributed by atoms with Crippen LogP contribution < -0.4 is 10.1 Å². The lowest BCUT2D eigenvalue weighted by Gasteiger charge is -2.05. The molecule has 24 heavy (non-hydrogen) atoms. The van der Waals surface area contributed by atoms with Gasteiger partial charge in [0.05, 0.1) is 12.0 Å². The Hall–Kier alpha value is -2.74. The minimum Gasteiger partial charge on any atom is -0.481 e. The van der Waals surface area contributed by atoms with Crippen molar-refractivity contribution >= 4 is 17.2 Å². The summed E-state index contributed by atoms with van der Waals surface area (Å²) in [4.78, 5) is 21.2. The van der Waals surface area contributed by atoms with Crippen molar-refractivity contribution in [1.29, 1.82) is 0 Å². The van der Waals surface area contributed by atoms with E-state index in [1.54, 1.807) is 30.7 Å². The van der Waals surface area contributed by atoms with E-state index in [2.05, 4.69) is 20.4 Å². The highest BCUT2D eigenvalue weighted by Crippen LogP contribution is 2.21. The largest absolute Gasteiger partial charge is 0.481 e. The van der Waals surface area contributed by atoms with Crippen molar-refractivity contribution in [2.45, 2.75) is 19.4 Å². The van der Waals surface area contributed by atoms with Crippen molar-refractivity contribution in [3.05, 3.63) is 47.3 Å². The van der Waals surface area contributed by atoms with E-state index in [1.165, 1.54) is 0 Å². The normalized spacial score (nSPS) is 10.5. The van der Waals surface area contributed by atoms with Gasteiger partial charge in [-0.05, 0) is 17.0 Å². The van der Waals surface area contributed by atoms with Crippen LogP contribution in [0.25, 0.3) is 10.7 Å². The van der Waals surface area contributed by atoms with E-state index in [9.17, 15) is 4.79 Å². The number of thiophene rings is 1. The van der Waals surface area contributed by atoms with Gasteiger partial charge in [-0.15, -0.1) is 11.3 Å². The average Bonchev–Trinajstić information content (AvgIpc) is 3.29. The lowest BCUT2D eigenvalue weighted by atomic mass is 10.2. The SMILES string of the molecule is COc1ccc(CNC(=O)CCc2nc(-c3cccs3)no2)cn1. The maximum atomic E-state index is 11.9. The third kappa shape index (κ3) is 4.17. The molecule has 0 aromatic carbocycles. The van der Waals surface area contributed by atoms with Crippen LogP contribution >= 0.6 is 11.3 Å². The number of carbonyl (C=O) groups excluding carboxylic acids is 1. The molecule has 3 aromatic rings. The first kappa shape index (κ1) is 16.1. The topological polar surface area (TPSA) is 90.1 Å². The van der Waals surface area contributed by atoms with E-state index in [0.717, 1.165) is 10.4 Å². The quantitative estimate of drug-likeness (QED) is 0.708. The minimum absolute atomic E-state index is 0.0818. The monoisotopic (exact) mass is 344 g/mol. The van der Waals surface area contributed by atoms with Crippen molar-refractivity contribution in [3.8, 4) is 16.6 Å². The van der Waals surface area contributed by atoms with Crippen LogP contribution in [0.1, 0.15) is 17.9 Å². The lowest BCUT2D eigenvalue weighted by Crippen LogP contribution is -2.23. The fraction of sp³-hybridized carbons (Fsp3) is 0.250. The molecule has 0 atom stereocenters. The van der Waals surface area contributed by atoms with Crippen LogP contribution in [0.15, 0.2) is 40.4 Å². The number of amides is 1. The lowest BCUT2D eigenvalue weighted by molar-refractivity contribution is -0.121. The molecule has 3 rings (SSSR count). The Morgan fingerprint density at radius 1 is 1.38 bits per heavy atom. The van der Waals surface area contributed by atoms with E-state index in [-0.39, 0.29) is 12.3 Å².